The normalized spacial score (nSPS) is 9.95. The van der Waals surface area contributed by atoms with Crippen LogP contribution in [0.1, 0.15) is 10.4 Å². The number of hydrogen-bond donors (Lipinski definition) is 1. The summed E-state index contributed by atoms with van der Waals surface area (Å²) in [5, 5.41) is 9.01. The van der Waals surface area contributed by atoms with Gasteiger partial charge in [0.1, 0.15) is 19.0 Å². The lowest BCUT2D eigenvalue weighted by Crippen LogP contribution is -2.13. The van der Waals surface area contributed by atoms with Crippen LogP contribution in [0.2, 0.25) is 0 Å². The van der Waals surface area contributed by atoms with Crippen molar-refractivity contribution in [3.05, 3.63) is 41.7 Å². The second-order valence-corrected chi connectivity index (χ2v) is 4.65. The second kappa shape index (κ2) is 9.10. The fourth-order valence-electron chi connectivity index (χ4n) is 1.30. The molecule has 0 heterocycles. The Morgan fingerprint density at radius 1 is 1.10 bits per heavy atom. The van der Waals surface area contributed by atoms with Crippen LogP contribution in [0.15, 0.2) is 36.2 Å². The molecule has 1 aromatic rings. The number of carboxylic acids is 1. The summed E-state index contributed by atoms with van der Waals surface area (Å²) in [6, 6.07) is 6.09. The number of rotatable bonds is 9. The van der Waals surface area contributed by atoms with Gasteiger partial charge in [0.25, 0.3) is 0 Å². The molecule has 0 saturated carbocycles. The maximum Gasteiger partial charge on any atom is 0.337 e. The molecule has 1 rings (SSSR count). The molecule has 21 heavy (non-hydrogen) atoms. The van der Waals surface area contributed by atoms with Gasteiger partial charge in [-0.2, -0.15) is 0 Å². The first-order valence-corrected chi connectivity index (χ1v) is 6.74. The summed E-state index contributed by atoms with van der Waals surface area (Å²) in [5.41, 5.74) is 0.205. The van der Waals surface area contributed by atoms with E-state index in [1.54, 1.807) is 12.1 Å². The largest absolute Gasteiger partial charge is 0.491 e. The van der Waals surface area contributed by atoms with Crippen molar-refractivity contribution in [2.24, 2.45) is 0 Å². The van der Waals surface area contributed by atoms with E-state index in [-0.39, 0.29) is 24.1 Å². The third-order valence-electron chi connectivity index (χ3n) is 2.32. The molecule has 1 unspecified atom stereocenters. The highest BCUT2D eigenvalue weighted by molar-refractivity contribution is 7.24. The Morgan fingerprint density at radius 2 is 1.71 bits per heavy atom. The fraction of sp³-hybridized carbons (Fsp3) is 0.286. The number of carbonyl (C=O) groups is 2. The first kappa shape index (κ1) is 17.1. The van der Waals surface area contributed by atoms with E-state index < -0.39 is 11.9 Å². The standard InChI is InChI=1S/C14H17O6P/c1-10(21)14(17)20-9-7-18-6-8-19-12-4-2-11(3-5-12)13(15)16/h2-5H,1,6-9,21H2,(H,15,16). The molecule has 7 heteroatoms. The Hall–Kier alpha value is -1.91. The molecule has 0 fully saturated rings. The van der Waals surface area contributed by atoms with Gasteiger partial charge < -0.3 is 19.3 Å². The van der Waals surface area contributed by atoms with E-state index in [4.69, 9.17) is 19.3 Å². The lowest BCUT2D eigenvalue weighted by Gasteiger charge is -2.08. The van der Waals surface area contributed by atoms with E-state index in [0.29, 0.717) is 19.0 Å². The summed E-state index contributed by atoms with van der Waals surface area (Å²) in [4.78, 5) is 21.7. The van der Waals surface area contributed by atoms with Crippen molar-refractivity contribution in [3.63, 3.8) is 0 Å². The summed E-state index contributed by atoms with van der Waals surface area (Å²) in [6.07, 6.45) is 0. The summed E-state index contributed by atoms with van der Waals surface area (Å²) in [6.45, 7) is 4.50. The number of carbonyl (C=O) groups excluding carboxylic acids is 1. The zero-order valence-corrected chi connectivity index (χ0v) is 12.6. The Morgan fingerprint density at radius 3 is 2.29 bits per heavy atom. The molecule has 0 spiro atoms. The second-order valence-electron chi connectivity index (χ2n) is 3.95. The molecule has 1 N–H and O–H groups in total. The van der Waals surface area contributed by atoms with E-state index in [1.165, 1.54) is 12.1 Å². The monoisotopic (exact) mass is 312 g/mol. The summed E-state index contributed by atoms with van der Waals surface area (Å²) in [7, 11) is 2.17. The molecule has 0 bridgehead atoms. The maximum absolute atomic E-state index is 11.0. The molecular formula is C14H17O6P. The van der Waals surface area contributed by atoms with Crippen molar-refractivity contribution < 1.29 is 28.9 Å². The van der Waals surface area contributed by atoms with Gasteiger partial charge in [0, 0.05) is 5.31 Å². The van der Waals surface area contributed by atoms with Crippen LogP contribution in [0.5, 0.6) is 5.75 Å². The Labute approximate surface area is 124 Å². The topological polar surface area (TPSA) is 82.1 Å². The van der Waals surface area contributed by atoms with Gasteiger partial charge in [-0.05, 0) is 24.3 Å². The molecule has 6 nitrogen and oxygen atoms in total. The van der Waals surface area contributed by atoms with E-state index in [9.17, 15) is 9.59 Å². The van der Waals surface area contributed by atoms with Crippen molar-refractivity contribution in [1.82, 2.24) is 0 Å². The number of aromatic carboxylic acids is 1. The van der Waals surface area contributed by atoms with E-state index in [0.717, 1.165) is 0 Å². The summed E-state index contributed by atoms with van der Waals surface area (Å²) >= 11 is 0. The van der Waals surface area contributed by atoms with Crippen LogP contribution in [0.4, 0.5) is 0 Å². The molecule has 0 aliphatic carbocycles. The predicted molar refractivity (Wildman–Crippen MR) is 79.5 cm³/mol. The van der Waals surface area contributed by atoms with Gasteiger partial charge in [0.15, 0.2) is 0 Å². The van der Waals surface area contributed by atoms with Crippen molar-refractivity contribution >= 4 is 21.2 Å². The molecule has 114 valence electrons. The highest BCUT2D eigenvalue weighted by atomic mass is 31.0. The summed E-state index contributed by atoms with van der Waals surface area (Å²) < 4.78 is 15.4. The Balaban J connectivity index is 2.10. The van der Waals surface area contributed by atoms with Crippen molar-refractivity contribution in [2.75, 3.05) is 26.4 Å². The number of esters is 1. The van der Waals surface area contributed by atoms with Crippen LogP contribution in [0.3, 0.4) is 0 Å². The van der Waals surface area contributed by atoms with Gasteiger partial charge in [-0.1, -0.05) is 15.8 Å². The van der Waals surface area contributed by atoms with Crippen LogP contribution in [0, 0.1) is 0 Å². The number of ether oxygens (including phenoxy) is 3. The molecule has 0 radical (unpaired) electrons. The van der Waals surface area contributed by atoms with Gasteiger partial charge >= 0.3 is 11.9 Å². The van der Waals surface area contributed by atoms with Crippen molar-refractivity contribution in [3.8, 4) is 5.75 Å². The van der Waals surface area contributed by atoms with Gasteiger partial charge in [-0.15, -0.1) is 0 Å². The average Bonchev–Trinajstić information content (AvgIpc) is 2.46. The highest BCUT2D eigenvalue weighted by Crippen LogP contribution is 2.11. The predicted octanol–water partition coefficient (Wildman–Crippen LogP) is 1.71. The number of hydrogen-bond acceptors (Lipinski definition) is 5. The zero-order valence-electron chi connectivity index (χ0n) is 11.4. The first-order valence-electron chi connectivity index (χ1n) is 6.16. The van der Waals surface area contributed by atoms with E-state index in [1.807, 2.05) is 0 Å². The molecular weight excluding hydrogens is 295 g/mol. The first-order chi connectivity index (χ1) is 10.0. The van der Waals surface area contributed by atoms with Crippen molar-refractivity contribution in [2.45, 2.75) is 0 Å². The smallest absolute Gasteiger partial charge is 0.337 e. The summed E-state index contributed by atoms with van der Waals surface area (Å²) in [5.74, 6) is -0.889. The van der Waals surface area contributed by atoms with Crippen LogP contribution in [-0.4, -0.2) is 43.5 Å². The van der Waals surface area contributed by atoms with E-state index in [2.05, 4.69) is 15.8 Å². The van der Waals surface area contributed by atoms with E-state index >= 15 is 0 Å². The SMILES string of the molecule is C=C(P)C(=O)OCCOCCOc1ccc(C(=O)O)cc1. The minimum absolute atomic E-state index is 0.152. The Bertz CT molecular complexity index is 497. The molecule has 0 aliphatic heterocycles. The molecule has 0 amide bonds. The minimum Gasteiger partial charge on any atom is -0.491 e. The highest BCUT2D eigenvalue weighted by Gasteiger charge is 2.03. The number of benzene rings is 1. The minimum atomic E-state index is -0.979. The van der Waals surface area contributed by atoms with Gasteiger partial charge in [-0.3, -0.25) is 0 Å². The van der Waals surface area contributed by atoms with Gasteiger partial charge in [0.2, 0.25) is 0 Å². The van der Waals surface area contributed by atoms with Crippen LogP contribution < -0.4 is 4.74 Å². The quantitative estimate of drug-likeness (QED) is 0.323. The van der Waals surface area contributed by atoms with Gasteiger partial charge in [-0.25, -0.2) is 9.59 Å². The third kappa shape index (κ3) is 6.88. The third-order valence-corrected chi connectivity index (χ3v) is 2.56. The maximum atomic E-state index is 11.0. The van der Waals surface area contributed by atoms with Crippen molar-refractivity contribution in [1.29, 1.82) is 0 Å². The van der Waals surface area contributed by atoms with Crippen LogP contribution >= 0.6 is 9.24 Å². The van der Waals surface area contributed by atoms with Crippen LogP contribution in [0.25, 0.3) is 0 Å². The molecule has 0 aromatic heterocycles. The molecule has 0 aliphatic rings. The average molecular weight is 312 g/mol. The molecule has 1 aromatic carbocycles. The van der Waals surface area contributed by atoms with Crippen LogP contribution in [-0.2, 0) is 14.3 Å². The lowest BCUT2D eigenvalue weighted by atomic mass is 10.2. The fourth-order valence-corrected chi connectivity index (χ4v) is 1.38. The molecule has 1 atom stereocenters. The lowest BCUT2D eigenvalue weighted by molar-refractivity contribution is -0.139. The zero-order chi connectivity index (χ0) is 15.7. The number of carboxylic acid groups (broad SMARTS) is 1. The molecule has 0 saturated heterocycles. The Kier molecular flexibility index (Phi) is 7.43. The van der Waals surface area contributed by atoms with Gasteiger partial charge in [0.05, 0.1) is 18.8 Å².